The van der Waals surface area contributed by atoms with E-state index in [0.717, 1.165) is 19.4 Å². The molecule has 0 aliphatic heterocycles. The second-order valence-corrected chi connectivity index (χ2v) is 6.82. The van der Waals surface area contributed by atoms with Crippen molar-refractivity contribution in [3.05, 3.63) is 22.7 Å². The summed E-state index contributed by atoms with van der Waals surface area (Å²) in [4.78, 5) is 16.4. The van der Waals surface area contributed by atoms with E-state index < -0.39 is 0 Å². The highest BCUT2D eigenvalue weighted by molar-refractivity contribution is 6.17. The van der Waals surface area contributed by atoms with E-state index in [4.69, 9.17) is 11.6 Å². The molecule has 0 amide bonds. The number of halogens is 1. The quantitative estimate of drug-likeness (QED) is 0.749. The molecular weight excluding hydrogens is 274 g/mol. The summed E-state index contributed by atoms with van der Waals surface area (Å²) in [7, 11) is 0. The van der Waals surface area contributed by atoms with Gasteiger partial charge in [0.15, 0.2) is 5.82 Å². The molecule has 1 aromatic heterocycles. The summed E-state index contributed by atoms with van der Waals surface area (Å²) in [5.41, 5.74) is 0.0520. The van der Waals surface area contributed by atoms with Crippen LogP contribution in [0, 0.1) is 11.3 Å². The average Bonchev–Trinajstić information content (AvgIpc) is 2.37. The van der Waals surface area contributed by atoms with Crippen LogP contribution in [-0.2, 0) is 6.54 Å². The molecule has 0 aromatic carbocycles. The van der Waals surface area contributed by atoms with Gasteiger partial charge in [-0.15, -0.1) is 11.6 Å². The summed E-state index contributed by atoms with van der Waals surface area (Å²) in [6.45, 7) is 9.96. The highest BCUT2D eigenvalue weighted by atomic mass is 35.5. The minimum atomic E-state index is -0.0469. The molecule has 0 spiro atoms. The molecular formula is C15H26ClN3O. The molecule has 4 nitrogen and oxygen atoms in total. The van der Waals surface area contributed by atoms with Crippen molar-refractivity contribution in [1.82, 2.24) is 9.55 Å². The van der Waals surface area contributed by atoms with Gasteiger partial charge in [0, 0.05) is 31.4 Å². The molecule has 0 unspecified atom stereocenters. The molecule has 1 N–H and O–H groups in total. The lowest BCUT2D eigenvalue weighted by atomic mass is 9.88. The van der Waals surface area contributed by atoms with E-state index >= 15 is 0 Å². The minimum Gasteiger partial charge on any atom is -0.365 e. The van der Waals surface area contributed by atoms with E-state index in [1.54, 1.807) is 17.0 Å². The molecule has 5 heteroatoms. The molecule has 114 valence electrons. The molecule has 0 saturated carbocycles. The molecule has 0 radical (unpaired) electrons. The molecule has 0 atom stereocenters. The fourth-order valence-electron chi connectivity index (χ4n) is 2.06. The van der Waals surface area contributed by atoms with Crippen molar-refractivity contribution < 1.29 is 0 Å². The number of rotatable bonds is 8. The smallest absolute Gasteiger partial charge is 0.293 e. The maximum atomic E-state index is 12.3. The van der Waals surface area contributed by atoms with E-state index in [-0.39, 0.29) is 11.0 Å². The van der Waals surface area contributed by atoms with Crippen LogP contribution in [0.5, 0.6) is 0 Å². The number of anilines is 1. The number of aromatic nitrogens is 2. The van der Waals surface area contributed by atoms with Crippen LogP contribution in [0.1, 0.15) is 40.5 Å². The third-order valence-corrected chi connectivity index (χ3v) is 3.46. The Labute approximate surface area is 126 Å². The van der Waals surface area contributed by atoms with Crippen molar-refractivity contribution in [2.24, 2.45) is 11.3 Å². The Morgan fingerprint density at radius 1 is 1.45 bits per heavy atom. The molecule has 0 aliphatic carbocycles. The second kappa shape index (κ2) is 7.67. The summed E-state index contributed by atoms with van der Waals surface area (Å²) >= 11 is 5.73. The van der Waals surface area contributed by atoms with Crippen LogP contribution < -0.4 is 10.9 Å². The Bertz CT molecular complexity index is 468. The van der Waals surface area contributed by atoms with E-state index in [1.165, 1.54) is 0 Å². The van der Waals surface area contributed by atoms with Gasteiger partial charge in [-0.1, -0.05) is 27.7 Å². The van der Waals surface area contributed by atoms with Crippen molar-refractivity contribution in [3.63, 3.8) is 0 Å². The van der Waals surface area contributed by atoms with Crippen LogP contribution in [0.4, 0.5) is 5.82 Å². The maximum absolute atomic E-state index is 12.3. The normalized spacial score (nSPS) is 11.9. The van der Waals surface area contributed by atoms with Crippen LogP contribution in [-0.4, -0.2) is 22.0 Å². The third kappa shape index (κ3) is 5.53. The standard InChI is InChI=1S/C15H26ClN3O/c1-12(2)10-19-9-8-17-13(14(19)20)18-11-15(3,4)6-5-7-16/h8-9,12H,5-7,10-11H2,1-4H3,(H,17,18). The first kappa shape index (κ1) is 17.0. The van der Waals surface area contributed by atoms with Gasteiger partial charge < -0.3 is 9.88 Å². The van der Waals surface area contributed by atoms with Crippen molar-refractivity contribution in [2.45, 2.75) is 47.1 Å². The molecule has 1 aromatic rings. The first-order chi connectivity index (χ1) is 9.35. The molecule has 20 heavy (non-hydrogen) atoms. The summed E-state index contributed by atoms with van der Waals surface area (Å²) < 4.78 is 1.71. The summed E-state index contributed by atoms with van der Waals surface area (Å²) in [5, 5.41) is 3.19. The lowest BCUT2D eigenvalue weighted by Crippen LogP contribution is -2.30. The van der Waals surface area contributed by atoms with Gasteiger partial charge in [0.25, 0.3) is 5.56 Å². The van der Waals surface area contributed by atoms with Crippen molar-refractivity contribution in [1.29, 1.82) is 0 Å². The zero-order valence-corrected chi connectivity index (χ0v) is 13.7. The highest BCUT2D eigenvalue weighted by Crippen LogP contribution is 2.22. The average molecular weight is 300 g/mol. The zero-order valence-electron chi connectivity index (χ0n) is 12.9. The van der Waals surface area contributed by atoms with Crippen LogP contribution in [0.25, 0.3) is 0 Å². The van der Waals surface area contributed by atoms with E-state index in [2.05, 4.69) is 38.0 Å². The SMILES string of the molecule is CC(C)Cn1ccnc(NCC(C)(C)CCCCl)c1=O. The molecule has 0 saturated heterocycles. The van der Waals surface area contributed by atoms with Crippen molar-refractivity contribution in [2.75, 3.05) is 17.7 Å². The second-order valence-electron chi connectivity index (χ2n) is 6.44. The summed E-state index contributed by atoms with van der Waals surface area (Å²) in [6, 6.07) is 0. The van der Waals surface area contributed by atoms with Crippen LogP contribution in [0.3, 0.4) is 0 Å². The summed E-state index contributed by atoms with van der Waals surface area (Å²) in [5.74, 6) is 1.55. The van der Waals surface area contributed by atoms with Crippen LogP contribution in [0.2, 0.25) is 0 Å². The summed E-state index contributed by atoms with van der Waals surface area (Å²) in [6.07, 6.45) is 5.43. The molecule has 1 heterocycles. The van der Waals surface area contributed by atoms with Gasteiger partial charge in [-0.25, -0.2) is 4.98 Å². The predicted octanol–water partition coefficient (Wildman–Crippen LogP) is 3.36. The van der Waals surface area contributed by atoms with Crippen molar-refractivity contribution >= 4 is 17.4 Å². The van der Waals surface area contributed by atoms with Gasteiger partial charge in [-0.2, -0.15) is 0 Å². The van der Waals surface area contributed by atoms with Gasteiger partial charge in [0.1, 0.15) is 0 Å². The maximum Gasteiger partial charge on any atom is 0.293 e. The fourth-order valence-corrected chi connectivity index (χ4v) is 2.20. The Morgan fingerprint density at radius 3 is 2.75 bits per heavy atom. The number of nitrogens with zero attached hydrogens (tertiary/aromatic N) is 2. The largest absolute Gasteiger partial charge is 0.365 e. The molecule has 0 aliphatic rings. The number of alkyl halides is 1. The monoisotopic (exact) mass is 299 g/mol. The molecule has 0 fully saturated rings. The third-order valence-electron chi connectivity index (χ3n) is 3.20. The first-order valence-electron chi connectivity index (χ1n) is 7.21. The highest BCUT2D eigenvalue weighted by Gasteiger charge is 2.18. The van der Waals surface area contributed by atoms with E-state index in [9.17, 15) is 4.79 Å². The fraction of sp³-hybridized carbons (Fsp3) is 0.733. The number of nitrogens with one attached hydrogen (secondary N) is 1. The first-order valence-corrected chi connectivity index (χ1v) is 7.74. The van der Waals surface area contributed by atoms with Gasteiger partial charge in [-0.3, -0.25) is 4.79 Å². The lowest BCUT2D eigenvalue weighted by Gasteiger charge is -2.24. The Kier molecular flexibility index (Phi) is 6.53. The van der Waals surface area contributed by atoms with Gasteiger partial charge in [-0.05, 0) is 24.2 Å². The number of hydrogen-bond acceptors (Lipinski definition) is 3. The van der Waals surface area contributed by atoms with Gasteiger partial charge in [0.05, 0.1) is 0 Å². The van der Waals surface area contributed by atoms with Gasteiger partial charge in [0.2, 0.25) is 0 Å². The van der Waals surface area contributed by atoms with Crippen LogP contribution >= 0.6 is 11.6 Å². The van der Waals surface area contributed by atoms with E-state index in [0.29, 0.717) is 24.2 Å². The number of hydrogen-bond donors (Lipinski definition) is 1. The topological polar surface area (TPSA) is 46.9 Å². The molecule has 0 bridgehead atoms. The van der Waals surface area contributed by atoms with E-state index in [1.807, 2.05) is 0 Å². The minimum absolute atomic E-state index is 0.0469. The molecule has 1 rings (SSSR count). The Hall–Kier alpha value is -1.03. The Balaban J connectivity index is 2.71. The zero-order chi connectivity index (χ0) is 15.2. The Morgan fingerprint density at radius 2 is 2.15 bits per heavy atom. The van der Waals surface area contributed by atoms with Crippen LogP contribution in [0.15, 0.2) is 17.2 Å². The van der Waals surface area contributed by atoms with Gasteiger partial charge >= 0.3 is 0 Å². The van der Waals surface area contributed by atoms with Crippen molar-refractivity contribution in [3.8, 4) is 0 Å². The predicted molar refractivity (Wildman–Crippen MR) is 85.6 cm³/mol. The lowest BCUT2D eigenvalue weighted by molar-refractivity contribution is 0.355.